The van der Waals surface area contributed by atoms with Crippen molar-refractivity contribution in [2.75, 3.05) is 39.7 Å². The number of aryl methyl sites for hydroxylation is 4. The molecule has 11 aromatic rings. The Morgan fingerprint density at radius 1 is 0.404 bits per heavy atom. The number of benzene rings is 7. The number of nitrogen functional groups attached to an aromatic ring is 2. The maximum absolute atomic E-state index is 14.0. The van der Waals surface area contributed by atoms with Gasteiger partial charge in [-0.1, -0.05) is 12.1 Å². The van der Waals surface area contributed by atoms with Crippen LogP contribution >= 0.6 is 0 Å². The lowest BCUT2D eigenvalue weighted by Gasteiger charge is -2.12. The summed E-state index contributed by atoms with van der Waals surface area (Å²) in [5.41, 5.74) is 15.0. The van der Waals surface area contributed by atoms with Crippen molar-refractivity contribution >= 4 is 64.0 Å². The molecule has 0 aliphatic heterocycles. The Labute approximate surface area is 561 Å². The quantitative estimate of drug-likeness (QED) is 0.0365. The molecule has 0 amide bonds. The normalized spacial score (nSPS) is 11.5. The Bertz CT molecular complexity index is 5190. The lowest BCUT2D eigenvalue weighted by molar-refractivity contribution is 0.422. The topological polar surface area (TPSA) is 452 Å². The molecule has 4 heterocycles. The van der Waals surface area contributed by atoms with E-state index in [1.165, 1.54) is 114 Å². The fourth-order valence-electron chi connectivity index (χ4n) is 8.61. The van der Waals surface area contributed by atoms with E-state index < -0.39 is 87.6 Å². The van der Waals surface area contributed by atoms with Gasteiger partial charge >= 0.3 is 7.12 Å². The molecule has 0 saturated heterocycles. The minimum Gasteiger partial charge on any atom is -0.423 e. The van der Waals surface area contributed by atoms with Crippen LogP contribution in [0.2, 0.25) is 0 Å². The summed E-state index contributed by atoms with van der Waals surface area (Å²) in [6.45, 7) is 0. The largest absolute Gasteiger partial charge is 0.491 e. The molecule has 0 fully saturated rings. The van der Waals surface area contributed by atoms with E-state index in [1.54, 1.807) is 34.3 Å². The monoisotopic (exact) mass is 1450 g/mol. The molecule has 0 atom stereocenters. The van der Waals surface area contributed by atoms with Gasteiger partial charge in [0.05, 0.1) is 33.7 Å². The maximum atomic E-state index is 14.0. The van der Waals surface area contributed by atoms with Crippen molar-refractivity contribution in [1.82, 2.24) is 99.7 Å². The molecular weight excluding hydrogens is 1390 g/mol. The summed E-state index contributed by atoms with van der Waals surface area (Å²) in [6.07, 6.45) is 0.0860. The number of halogens is 6. The van der Waals surface area contributed by atoms with E-state index in [9.17, 15) is 60.0 Å². The van der Waals surface area contributed by atoms with Crippen molar-refractivity contribution in [2.45, 2.75) is 32.4 Å². The third kappa shape index (κ3) is 19.3. The van der Waals surface area contributed by atoms with E-state index in [0.717, 1.165) is 54.6 Å². The van der Waals surface area contributed by atoms with Crippen molar-refractivity contribution in [2.24, 2.45) is 28.2 Å². The summed E-state index contributed by atoms with van der Waals surface area (Å²) in [7, 11) is -4.70. The first-order valence-corrected chi connectivity index (χ1v) is 34.0. The van der Waals surface area contributed by atoms with Crippen molar-refractivity contribution < 1.29 is 70.1 Å². The van der Waals surface area contributed by atoms with Crippen LogP contribution in [-0.4, -0.2) is 160 Å². The molecule has 0 spiro atoms. The second-order valence-corrected chi connectivity index (χ2v) is 27.8. The van der Waals surface area contributed by atoms with Gasteiger partial charge < -0.3 is 21.5 Å². The van der Waals surface area contributed by atoms with E-state index in [0.29, 0.717) is 56.4 Å². The van der Waals surface area contributed by atoms with Crippen LogP contribution in [0, 0.1) is 34.9 Å². The predicted molar refractivity (Wildman–Crippen MR) is 345 cm³/mol. The lowest BCUT2D eigenvalue weighted by Crippen LogP contribution is -2.32. The number of sulfonamides is 4. The first-order chi connectivity index (χ1) is 46.6. The van der Waals surface area contributed by atoms with Gasteiger partial charge in [-0.25, -0.2) is 88.3 Å². The lowest BCUT2D eigenvalue weighted by atomic mass is 9.80. The molecule has 99 heavy (non-hydrogen) atoms. The number of nitrogens with zero attached hydrogens (tertiary/aromatic N) is 16. The number of anilines is 2. The van der Waals surface area contributed by atoms with Crippen molar-refractivity contribution in [1.29, 1.82) is 0 Å². The van der Waals surface area contributed by atoms with Gasteiger partial charge in [0.1, 0.15) is 34.9 Å². The molecule has 0 radical (unpaired) electrons. The number of tetrazole rings is 4. The van der Waals surface area contributed by atoms with Crippen LogP contribution < -0.4 is 35.8 Å². The van der Waals surface area contributed by atoms with Crippen LogP contribution in [0.15, 0.2) is 147 Å². The highest BCUT2D eigenvalue weighted by Gasteiger charge is 2.24. The van der Waals surface area contributed by atoms with Gasteiger partial charge in [0.25, 0.3) is 0 Å². The zero-order chi connectivity index (χ0) is 72.9. The van der Waals surface area contributed by atoms with Crippen LogP contribution in [0.3, 0.4) is 0 Å². The van der Waals surface area contributed by atoms with E-state index in [1.807, 2.05) is 0 Å². The smallest absolute Gasteiger partial charge is 0.423 e. The molecule has 0 aliphatic carbocycles. The molecule has 7 aromatic carbocycles. The number of nitrogens with one attached hydrogen (secondary N) is 4. The fourth-order valence-corrected chi connectivity index (χ4v) is 11.6. The Hall–Kier alpha value is -10.4. The molecule has 0 aliphatic rings. The van der Waals surface area contributed by atoms with Crippen LogP contribution in [0.1, 0.15) is 22.3 Å². The predicted octanol–water partition coefficient (Wildman–Crippen LogP) is 1.69. The number of hydrogen-bond acceptors (Lipinski definition) is 24. The Kier molecular flexibility index (Phi) is 24.8. The molecule has 11 rings (SSSR count). The van der Waals surface area contributed by atoms with Gasteiger partial charge in [-0.3, -0.25) is 0 Å². The van der Waals surface area contributed by atoms with Gasteiger partial charge in [-0.2, -0.15) is 9.59 Å². The van der Waals surface area contributed by atoms with Gasteiger partial charge in [0, 0.05) is 66.0 Å². The number of aromatic nitrogens is 16. The van der Waals surface area contributed by atoms with Crippen molar-refractivity contribution in [3.8, 4) is 45.6 Å². The standard InChI is InChI=1S/2C16H15F2N5O2S.2C9H12N6O2S.C6H5BF2O2/c1-19-26(24,25)13-5-3-10(7-11-8-12(17)4-6-15(11)18)14(9-13)16-20-21-22-23(16)2;1-19-26(24,25)13-5-3-10(7-11-8-12(17)4-6-15(11)18)14(9-13)16-20-22-23(2)21-16;1-11-18(16,17)6-3-4-8(10)7(5-6)9-12-13-14-15(9)2;1-11-18(16,17)6-3-4-8(10)7(5-6)9-12-14-15(2)13-9;8-4-1-2-6(9)5(3-4)7(10)11/h2*3-6,8-9,19H,7H2,1-2H3;2*3-5,11H,10H2,1-2H3;1-3,10-11H. The van der Waals surface area contributed by atoms with E-state index in [4.69, 9.17) is 21.5 Å². The molecule has 10 N–H and O–H groups in total. The first kappa shape index (κ1) is 76.0. The van der Waals surface area contributed by atoms with Gasteiger partial charge in [0.15, 0.2) is 11.6 Å². The SMILES string of the molecule is CNS(=O)(=O)c1ccc(Cc2cc(F)ccc2F)c(-c2nnn(C)n2)c1.CNS(=O)(=O)c1ccc(Cc2cc(F)ccc2F)c(-c2nnnn2C)c1.CNS(=O)(=O)c1ccc(N)c(-c2nnn(C)n2)c1.CNS(=O)(=O)c1ccc(N)c(-c2nnnn2C)c1.OB(O)c1cc(F)ccc1F. The van der Waals surface area contributed by atoms with Crippen LogP contribution in [0.25, 0.3) is 45.6 Å². The second kappa shape index (κ2) is 32.3. The van der Waals surface area contributed by atoms with Crippen LogP contribution in [0.5, 0.6) is 0 Å². The highest BCUT2D eigenvalue weighted by Crippen LogP contribution is 2.31. The summed E-state index contributed by atoms with van der Waals surface area (Å²) >= 11 is 0. The zero-order valence-electron chi connectivity index (χ0n) is 53.0. The summed E-state index contributed by atoms with van der Waals surface area (Å²) < 4.78 is 187. The second-order valence-electron chi connectivity index (χ2n) is 20.3. The molecule has 4 aromatic heterocycles. The van der Waals surface area contributed by atoms with Crippen molar-refractivity contribution in [3.63, 3.8) is 0 Å². The molecule has 43 heteroatoms. The van der Waals surface area contributed by atoms with Crippen LogP contribution in [0.4, 0.5) is 37.7 Å². The average molecular weight is 1450 g/mol. The fraction of sp³-hybridized carbons (Fsp3) is 0.179. The molecule has 0 bridgehead atoms. The zero-order valence-corrected chi connectivity index (χ0v) is 56.3. The highest BCUT2D eigenvalue weighted by atomic mass is 32.2. The molecule has 0 saturated carbocycles. The summed E-state index contributed by atoms with van der Waals surface area (Å²) in [5, 5.41) is 62.3. The molecule has 0 unspecified atom stereocenters. The van der Waals surface area contributed by atoms with Gasteiger partial charge in [-0.15, -0.1) is 30.6 Å². The summed E-state index contributed by atoms with van der Waals surface area (Å²) in [5.74, 6) is -2.58. The number of hydrogen-bond donors (Lipinski definition) is 8. The van der Waals surface area contributed by atoms with E-state index in [-0.39, 0.29) is 55.2 Å². The highest BCUT2D eigenvalue weighted by molar-refractivity contribution is 7.90. The number of rotatable bonds is 17. The van der Waals surface area contributed by atoms with Crippen molar-refractivity contribution in [3.05, 3.63) is 185 Å². The number of nitrogens with two attached hydrogens (primary N) is 2. The van der Waals surface area contributed by atoms with Crippen LogP contribution in [-0.2, 0) is 81.1 Å². The first-order valence-electron chi connectivity index (χ1n) is 28.0. The summed E-state index contributed by atoms with van der Waals surface area (Å²) in [4.78, 5) is 2.72. The third-order valence-electron chi connectivity index (χ3n) is 13.8. The van der Waals surface area contributed by atoms with Gasteiger partial charge in [-0.05, 0) is 197 Å². The van der Waals surface area contributed by atoms with E-state index >= 15 is 0 Å². The average Bonchev–Trinajstić information content (AvgIpc) is 1.70. The Morgan fingerprint density at radius 3 is 1.12 bits per heavy atom. The Morgan fingerprint density at radius 2 is 0.747 bits per heavy atom. The molecule has 522 valence electrons. The maximum Gasteiger partial charge on any atom is 0.491 e. The Balaban J connectivity index is 0.000000179. The minimum absolute atomic E-state index is 0.00548. The van der Waals surface area contributed by atoms with E-state index in [2.05, 4.69) is 80.8 Å². The summed E-state index contributed by atoms with van der Waals surface area (Å²) in [6, 6.07) is 26.2. The third-order valence-corrected chi connectivity index (χ3v) is 19.4. The molecular formula is C56H59BF6N22O10S4. The minimum atomic E-state index is -3.69. The van der Waals surface area contributed by atoms with Gasteiger partial charge in [0.2, 0.25) is 51.7 Å². The molecule has 32 nitrogen and oxygen atoms in total.